The minimum absolute atomic E-state index is 0.112. The van der Waals surface area contributed by atoms with E-state index < -0.39 is 0 Å². The number of carbonyl (C=O) groups excluding carboxylic acids is 1. The van der Waals surface area contributed by atoms with Gasteiger partial charge >= 0.3 is 0 Å². The van der Waals surface area contributed by atoms with Crippen LogP contribution in [0.4, 0.5) is 11.4 Å². The van der Waals surface area contributed by atoms with Gasteiger partial charge in [0.1, 0.15) is 0 Å². The van der Waals surface area contributed by atoms with Gasteiger partial charge in [-0.05, 0) is 37.1 Å². The number of fused-ring (bicyclic) bond motifs is 1. The van der Waals surface area contributed by atoms with E-state index in [4.69, 9.17) is 0 Å². The van der Waals surface area contributed by atoms with Crippen LogP contribution < -0.4 is 10.2 Å². The lowest BCUT2D eigenvalue weighted by molar-refractivity contribution is -0.116. The summed E-state index contributed by atoms with van der Waals surface area (Å²) in [4.78, 5) is 17.6. The second kappa shape index (κ2) is 5.60. The smallest absolute Gasteiger partial charge is 0.223 e. The van der Waals surface area contributed by atoms with Crippen molar-refractivity contribution in [2.24, 2.45) is 0 Å². The van der Waals surface area contributed by atoms with Gasteiger partial charge in [-0.25, -0.2) is 4.98 Å². The molecule has 5 heteroatoms. The summed E-state index contributed by atoms with van der Waals surface area (Å²) in [6.07, 6.45) is 4.67. The maximum atomic E-state index is 11.5. The average molecular weight is 284 g/mol. The van der Waals surface area contributed by atoms with Gasteiger partial charge in [0, 0.05) is 37.6 Å². The van der Waals surface area contributed by atoms with Crippen molar-refractivity contribution in [2.45, 2.75) is 33.4 Å². The van der Waals surface area contributed by atoms with E-state index in [1.807, 2.05) is 29.6 Å². The minimum Gasteiger partial charge on any atom is -0.379 e. The fraction of sp³-hybridized carbons (Fsp3) is 0.375. The van der Waals surface area contributed by atoms with Crippen LogP contribution in [0, 0.1) is 0 Å². The Labute approximate surface area is 124 Å². The fourth-order valence-corrected chi connectivity index (χ4v) is 2.81. The van der Waals surface area contributed by atoms with Gasteiger partial charge in [0.15, 0.2) is 0 Å². The number of imidazole rings is 1. The fourth-order valence-electron chi connectivity index (χ4n) is 2.81. The number of aryl methyl sites for hydroxylation is 1. The molecule has 21 heavy (non-hydrogen) atoms. The highest BCUT2D eigenvalue weighted by Gasteiger charge is 2.21. The number of benzene rings is 1. The van der Waals surface area contributed by atoms with Gasteiger partial charge in [0.25, 0.3) is 0 Å². The lowest BCUT2D eigenvalue weighted by atomic mass is 10.1. The topological polar surface area (TPSA) is 50.2 Å². The predicted molar refractivity (Wildman–Crippen MR) is 83.4 cm³/mol. The zero-order valence-electron chi connectivity index (χ0n) is 12.5. The highest BCUT2D eigenvalue weighted by atomic mass is 16.2. The summed E-state index contributed by atoms with van der Waals surface area (Å²) in [6, 6.07) is 6.21. The molecular weight excluding hydrogens is 264 g/mol. The lowest BCUT2D eigenvalue weighted by Gasteiger charge is -2.15. The SMILES string of the molecule is CCn1cncc1CNc1ccc2c(c1)CCN2C(C)=O. The number of nitrogens with one attached hydrogen (secondary N) is 1. The second-order valence-corrected chi connectivity index (χ2v) is 5.29. The standard InChI is InChI=1S/C16H20N4O/c1-3-19-11-17-9-15(19)10-18-14-4-5-16-13(8-14)6-7-20(16)12(2)21/h4-5,8-9,11,18H,3,6-7,10H2,1-2H3. The molecule has 0 radical (unpaired) electrons. The highest BCUT2D eigenvalue weighted by Crippen LogP contribution is 2.30. The van der Waals surface area contributed by atoms with Crippen molar-refractivity contribution in [2.75, 3.05) is 16.8 Å². The van der Waals surface area contributed by atoms with Crippen molar-refractivity contribution in [3.63, 3.8) is 0 Å². The summed E-state index contributed by atoms with van der Waals surface area (Å²) in [5.41, 5.74) is 4.54. The molecule has 0 atom stereocenters. The molecular formula is C16H20N4O. The zero-order valence-corrected chi connectivity index (χ0v) is 12.5. The molecule has 0 fully saturated rings. The number of carbonyl (C=O) groups is 1. The van der Waals surface area contributed by atoms with Crippen LogP contribution >= 0.6 is 0 Å². The van der Waals surface area contributed by atoms with E-state index in [1.54, 1.807) is 6.92 Å². The third kappa shape index (κ3) is 2.63. The van der Waals surface area contributed by atoms with Crippen LogP contribution in [0.1, 0.15) is 25.1 Å². The number of anilines is 2. The van der Waals surface area contributed by atoms with Crippen molar-refractivity contribution in [3.8, 4) is 0 Å². The lowest BCUT2D eigenvalue weighted by Crippen LogP contribution is -2.25. The molecule has 0 saturated heterocycles. The van der Waals surface area contributed by atoms with Crippen LogP contribution in [0.2, 0.25) is 0 Å². The summed E-state index contributed by atoms with van der Waals surface area (Å²) in [5.74, 6) is 0.112. The van der Waals surface area contributed by atoms with Gasteiger partial charge in [-0.3, -0.25) is 4.79 Å². The first-order valence-corrected chi connectivity index (χ1v) is 7.33. The van der Waals surface area contributed by atoms with Crippen LogP contribution in [-0.4, -0.2) is 22.0 Å². The van der Waals surface area contributed by atoms with E-state index >= 15 is 0 Å². The third-order valence-corrected chi connectivity index (χ3v) is 3.97. The van der Waals surface area contributed by atoms with E-state index in [1.165, 1.54) is 11.3 Å². The van der Waals surface area contributed by atoms with E-state index in [-0.39, 0.29) is 5.91 Å². The molecule has 2 aromatic rings. The molecule has 110 valence electrons. The van der Waals surface area contributed by atoms with Crippen molar-refractivity contribution in [1.82, 2.24) is 9.55 Å². The number of aromatic nitrogens is 2. The number of amides is 1. The molecule has 1 amide bonds. The normalized spacial score (nSPS) is 13.3. The largest absolute Gasteiger partial charge is 0.379 e. The molecule has 2 heterocycles. The Hall–Kier alpha value is -2.30. The van der Waals surface area contributed by atoms with Gasteiger partial charge in [-0.15, -0.1) is 0 Å². The summed E-state index contributed by atoms with van der Waals surface area (Å²) in [6.45, 7) is 6.19. The van der Waals surface area contributed by atoms with Crippen LogP contribution in [0.25, 0.3) is 0 Å². The minimum atomic E-state index is 0.112. The molecule has 0 aliphatic carbocycles. The van der Waals surface area contributed by atoms with Crippen molar-refractivity contribution in [1.29, 1.82) is 0 Å². The van der Waals surface area contributed by atoms with E-state index in [0.29, 0.717) is 0 Å². The van der Waals surface area contributed by atoms with Gasteiger partial charge in [0.05, 0.1) is 18.6 Å². The average Bonchev–Trinajstić information content (AvgIpc) is 3.10. The Kier molecular flexibility index (Phi) is 3.64. The molecule has 0 unspecified atom stereocenters. The molecule has 1 aromatic carbocycles. The Morgan fingerprint density at radius 2 is 2.29 bits per heavy atom. The Morgan fingerprint density at radius 1 is 1.43 bits per heavy atom. The summed E-state index contributed by atoms with van der Waals surface area (Å²) < 4.78 is 2.12. The Bertz CT molecular complexity index is 662. The summed E-state index contributed by atoms with van der Waals surface area (Å²) in [5, 5.41) is 3.43. The maximum absolute atomic E-state index is 11.5. The third-order valence-electron chi connectivity index (χ3n) is 3.97. The van der Waals surface area contributed by atoms with Crippen molar-refractivity contribution < 1.29 is 4.79 Å². The van der Waals surface area contributed by atoms with Crippen LogP contribution in [0.3, 0.4) is 0 Å². The Balaban J connectivity index is 1.72. The maximum Gasteiger partial charge on any atom is 0.223 e. The summed E-state index contributed by atoms with van der Waals surface area (Å²) in [7, 11) is 0. The van der Waals surface area contributed by atoms with E-state index in [0.717, 1.165) is 37.4 Å². The van der Waals surface area contributed by atoms with Gasteiger partial charge < -0.3 is 14.8 Å². The molecule has 3 rings (SSSR count). The number of nitrogens with zero attached hydrogens (tertiary/aromatic N) is 3. The van der Waals surface area contributed by atoms with Crippen molar-refractivity contribution >= 4 is 17.3 Å². The first kappa shape index (κ1) is 13.7. The van der Waals surface area contributed by atoms with E-state index in [2.05, 4.69) is 27.9 Å². The zero-order chi connectivity index (χ0) is 14.8. The molecule has 1 aliphatic heterocycles. The molecule has 0 bridgehead atoms. The number of hydrogen-bond acceptors (Lipinski definition) is 3. The van der Waals surface area contributed by atoms with Crippen molar-refractivity contribution in [3.05, 3.63) is 42.0 Å². The number of rotatable bonds is 4. The Morgan fingerprint density at radius 3 is 3.05 bits per heavy atom. The quantitative estimate of drug-likeness (QED) is 0.938. The molecule has 1 aliphatic rings. The molecule has 1 N–H and O–H groups in total. The predicted octanol–water partition coefficient (Wildman–Crippen LogP) is 2.42. The summed E-state index contributed by atoms with van der Waals surface area (Å²) >= 11 is 0. The van der Waals surface area contributed by atoms with Crippen LogP contribution in [0.15, 0.2) is 30.7 Å². The molecule has 0 spiro atoms. The first-order chi connectivity index (χ1) is 10.2. The second-order valence-electron chi connectivity index (χ2n) is 5.29. The van der Waals surface area contributed by atoms with Gasteiger partial charge in [-0.1, -0.05) is 0 Å². The van der Waals surface area contributed by atoms with Crippen LogP contribution in [-0.2, 0) is 24.3 Å². The van der Waals surface area contributed by atoms with E-state index in [9.17, 15) is 4.79 Å². The number of hydrogen-bond donors (Lipinski definition) is 1. The monoisotopic (exact) mass is 284 g/mol. The molecule has 0 saturated carbocycles. The first-order valence-electron chi connectivity index (χ1n) is 7.33. The molecule has 5 nitrogen and oxygen atoms in total. The van der Waals surface area contributed by atoms with Gasteiger partial charge in [-0.2, -0.15) is 0 Å². The highest BCUT2D eigenvalue weighted by molar-refractivity contribution is 5.94. The molecule has 1 aromatic heterocycles. The van der Waals surface area contributed by atoms with Crippen LogP contribution in [0.5, 0.6) is 0 Å². The van der Waals surface area contributed by atoms with Gasteiger partial charge in [0.2, 0.25) is 5.91 Å².